The molecule has 6 nitrogen and oxygen atoms in total. The second-order valence-electron chi connectivity index (χ2n) is 6.36. The maximum Gasteiger partial charge on any atom is 0.278 e. The van der Waals surface area contributed by atoms with E-state index < -0.39 is 11.9 Å². The SMILES string of the molecule is CC(C)C(=O)C1CCCN1C(=O)c1nn(-c2ccccc2)cc1O. The molecule has 1 fully saturated rings. The highest BCUT2D eigenvalue weighted by Crippen LogP contribution is 2.26. The summed E-state index contributed by atoms with van der Waals surface area (Å²) in [7, 11) is 0. The van der Waals surface area contributed by atoms with Crippen LogP contribution in [0.1, 0.15) is 37.2 Å². The molecule has 0 aliphatic carbocycles. The van der Waals surface area contributed by atoms with E-state index in [-0.39, 0.29) is 23.1 Å². The molecule has 2 heterocycles. The van der Waals surface area contributed by atoms with Gasteiger partial charge in [0.2, 0.25) is 0 Å². The van der Waals surface area contributed by atoms with Gasteiger partial charge in [0.05, 0.1) is 17.9 Å². The highest BCUT2D eigenvalue weighted by molar-refractivity contribution is 5.99. The van der Waals surface area contributed by atoms with Gasteiger partial charge in [0.25, 0.3) is 5.91 Å². The number of amides is 1. The molecule has 1 aromatic heterocycles. The van der Waals surface area contributed by atoms with E-state index in [0.29, 0.717) is 13.0 Å². The van der Waals surface area contributed by atoms with E-state index in [1.165, 1.54) is 10.9 Å². The van der Waals surface area contributed by atoms with Gasteiger partial charge < -0.3 is 10.0 Å². The van der Waals surface area contributed by atoms with E-state index in [0.717, 1.165) is 12.1 Å². The molecule has 0 bridgehead atoms. The van der Waals surface area contributed by atoms with Gasteiger partial charge in [-0.05, 0) is 25.0 Å². The number of Topliss-reactive ketones (excluding diaryl/α,β-unsaturated/α-hetero) is 1. The molecule has 1 atom stereocenters. The lowest BCUT2D eigenvalue weighted by atomic mass is 10.00. The van der Waals surface area contributed by atoms with Crippen LogP contribution in [0.4, 0.5) is 0 Å². The van der Waals surface area contributed by atoms with Crippen LogP contribution in [0.25, 0.3) is 5.69 Å². The highest BCUT2D eigenvalue weighted by atomic mass is 16.3. The number of ketones is 1. The van der Waals surface area contributed by atoms with Gasteiger partial charge in [-0.15, -0.1) is 0 Å². The summed E-state index contributed by atoms with van der Waals surface area (Å²) in [5.41, 5.74) is 0.741. The minimum Gasteiger partial charge on any atom is -0.504 e. The Balaban J connectivity index is 1.88. The monoisotopic (exact) mass is 327 g/mol. The predicted octanol–water partition coefficient (Wildman–Crippen LogP) is 2.41. The third kappa shape index (κ3) is 2.91. The van der Waals surface area contributed by atoms with Gasteiger partial charge in [-0.3, -0.25) is 9.59 Å². The summed E-state index contributed by atoms with van der Waals surface area (Å²) in [6.07, 6.45) is 2.87. The third-order valence-corrected chi connectivity index (χ3v) is 4.33. The van der Waals surface area contributed by atoms with E-state index >= 15 is 0 Å². The number of carbonyl (C=O) groups is 2. The number of likely N-dealkylation sites (tertiary alicyclic amines) is 1. The van der Waals surface area contributed by atoms with E-state index in [2.05, 4.69) is 5.10 Å². The summed E-state index contributed by atoms with van der Waals surface area (Å²) in [5.74, 6) is -0.633. The second kappa shape index (κ2) is 6.47. The Hall–Kier alpha value is -2.63. The summed E-state index contributed by atoms with van der Waals surface area (Å²) in [6.45, 7) is 4.19. The van der Waals surface area contributed by atoms with Crippen LogP contribution in [0.2, 0.25) is 0 Å². The Morgan fingerprint density at radius 2 is 1.96 bits per heavy atom. The first-order valence-corrected chi connectivity index (χ1v) is 8.17. The number of benzene rings is 1. The van der Waals surface area contributed by atoms with Crippen molar-refractivity contribution in [1.82, 2.24) is 14.7 Å². The van der Waals surface area contributed by atoms with Gasteiger partial charge in [-0.2, -0.15) is 5.10 Å². The van der Waals surface area contributed by atoms with Gasteiger partial charge in [-0.25, -0.2) is 4.68 Å². The maximum atomic E-state index is 12.8. The number of carbonyl (C=O) groups excluding carboxylic acids is 2. The fraction of sp³-hybridized carbons (Fsp3) is 0.389. The lowest BCUT2D eigenvalue weighted by molar-refractivity contribution is -0.125. The van der Waals surface area contributed by atoms with E-state index in [9.17, 15) is 14.7 Å². The van der Waals surface area contributed by atoms with Crippen LogP contribution in [0, 0.1) is 5.92 Å². The minimum absolute atomic E-state index is 0.0118. The molecule has 24 heavy (non-hydrogen) atoms. The average Bonchev–Trinajstić information content (AvgIpc) is 3.21. The molecule has 1 amide bonds. The minimum atomic E-state index is -0.418. The standard InChI is InChI=1S/C18H21N3O3/c1-12(2)17(23)14-9-6-10-20(14)18(24)16-15(22)11-21(19-16)13-7-4-3-5-8-13/h3-5,7-8,11-12,14,22H,6,9-10H2,1-2H3. The highest BCUT2D eigenvalue weighted by Gasteiger charge is 2.37. The Labute approximate surface area is 140 Å². The van der Waals surface area contributed by atoms with Crippen LogP contribution in [0.3, 0.4) is 0 Å². The smallest absolute Gasteiger partial charge is 0.278 e. The number of rotatable bonds is 4. The van der Waals surface area contributed by atoms with Crippen molar-refractivity contribution in [1.29, 1.82) is 0 Å². The van der Waals surface area contributed by atoms with Crippen LogP contribution in [-0.4, -0.2) is 44.1 Å². The van der Waals surface area contributed by atoms with E-state index in [1.54, 1.807) is 4.90 Å². The zero-order valence-corrected chi connectivity index (χ0v) is 13.8. The fourth-order valence-corrected chi connectivity index (χ4v) is 3.06. The van der Waals surface area contributed by atoms with Gasteiger partial charge >= 0.3 is 0 Å². The first-order chi connectivity index (χ1) is 11.5. The van der Waals surface area contributed by atoms with Crippen LogP contribution >= 0.6 is 0 Å². The number of hydrogen-bond donors (Lipinski definition) is 1. The van der Waals surface area contributed by atoms with Crippen molar-refractivity contribution in [3.8, 4) is 11.4 Å². The lowest BCUT2D eigenvalue weighted by Gasteiger charge is -2.24. The number of aromatic hydroxyl groups is 1. The molecule has 0 spiro atoms. The fourth-order valence-electron chi connectivity index (χ4n) is 3.06. The number of aromatic nitrogens is 2. The molecular weight excluding hydrogens is 306 g/mol. The topological polar surface area (TPSA) is 75.4 Å². The van der Waals surface area contributed by atoms with Crippen LogP contribution in [0.15, 0.2) is 36.5 Å². The van der Waals surface area contributed by atoms with Crippen LogP contribution < -0.4 is 0 Å². The first kappa shape index (κ1) is 16.2. The van der Waals surface area contributed by atoms with Gasteiger partial charge in [0.15, 0.2) is 17.2 Å². The zero-order chi connectivity index (χ0) is 17.3. The normalized spacial score (nSPS) is 17.5. The van der Waals surface area contributed by atoms with Crippen molar-refractivity contribution in [2.75, 3.05) is 6.54 Å². The van der Waals surface area contributed by atoms with Crippen molar-refractivity contribution in [3.05, 3.63) is 42.2 Å². The summed E-state index contributed by atoms with van der Waals surface area (Å²) < 4.78 is 1.47. The van der Waals surface area contributed by atoms with E-state index in [1.807, 2.05) is 44.2 Å². The third-order valence-electron chi connectivity index (χ3n) is 4.33. The quantitative estimate of drug-likeness (QED) is 0.935. The van der Waals surface area contributed by atoms with E-state index in [4.69, 9.17) is 0 Å². The summed E-state index contributed by atoms with van der Waals surface area (Å²) in [5, 5.41) is 14.4. The van der Waals surface area contributed by atoms with Gasteiger partial charge in [0, 0.05) is 12.5 Å². The molecule has 1 saturated heterocycles. The molecule has 2 aromatic rings. The molecular formula is C18H21N3O3. The molecule has 1 aromatic carbocycles. The molecule has 1 aliphatic rings. The number of para-hydroxylation sites is 1. The largest absolute Gasteiger partial charge is 0.504 e. The molecule has 1 aliphatic heterocycles. The predicted molar refractivity (Wildman–Crippen MR) is 89.1 cm³/mol. The zero-order valence-electron chi connectivity index (χ0n) is 13.8. The molecule has 1 unspecified atom stereocenters. The van der Waals surface area contributed by atoms with Crippen molar-refractivity contribution in [2.24, 2.45) is 5.92 Å². The van der Waals surface area contributed by atoms with Gasteiger partial charge in [0.1, 0.15) is 0 Å². The molecule has 0 radical (unpaired) electrons. The molecule has 0 saturated carbocycles. The van der Waals surface area contributed by atoms with Crippen molar-refractivity contribution in [2.45, 2.75) is 32.7 Å². The Bertz CT molecular complexity index is 752. The molecule has 1 N–H and O–H groups in total. The Kier molecular flexibility index (Phi) is 4.38. The molecule has 6 heteroatoms. The summed E-state index contributed by atoms with van der Waals surface area (Å²) >= 11 is 0. The average molecular weight is 327 g/mol. The van der Waals surface area contributed by atoms with Crippen molar-refractivity contribution >= 4 is 11.7 Å². The Morgan fingerprint density at radius 1 is 1.25 bits per heavy atom. The number of hydrogen-bond acceptors (Lipinski definition) is 4. The lowest BCUT2D eigenvalue weighted by Crippen LogP contribution is -2.42. The second-order valence-corrected chi connectivity index (χ2v) is 6.36. The van der Waals surface area contributed by atoms with Crippen molar-refractivity contribution < 1.29 is 14.7 Å². The van der Waals surface area contributed by atoms with Gasteiger partial charge in [-0.1, -0.05) is 32.0 Å². The summed E-state index contributed by atoms with van der Waals surface area (Å²) in [4.78, 5) is 26.7. The van der Waals surface area contributed by atoms with Crippen molar-refractivity contribution in [3.63, 3.8) is 0 Å². The maximum absolute atomic E-state index is 12.8. The number of nitrogens with zero attached hydrogens (tertiary/aromatic N) is 3. The molecule has 126 valence electrons. The van der Waals surface area contributed by atoms with Crippen LogP contribution in [-0.2, 0) is 4.79 Å². The Morgan fingerprint density at radius 3 is 2.62 bits per heavy atom. The molecule has 3 rings (SSSR count). The first-order valence-electron chi connectivity index (χ1n) is 8.17. The van der Waals surface area contributed by atoms with Crippen LogP contribution in [0.5, 0.6) is 5.75 Å². The summed E-state index contributed by atoms with van der Waals surface area (Å²) in [6, 6.07) is 8.84.